The van der Waals surface area contributed by atoms with Gasteiger partial charge in [0.05, 0.1) is 11.8 Å². The summed E-state index contributed by atoms with van der Waals surface area (Å²) in [6.45, 7) is 8.58. The van der Waals surface area contributed by atoms with Crippen LogP contribution < -0.4 is 0 Å². The van der Waals surface area contributed by atoms with Gasteiger partial charge in [-0.1, -0.05) is 26.8 Å². The van der Waals surface area contributed by atoms with E-state index in [1.165, 1.54) is 0 Å². The standard InChI is InChI=1S/C11H19N3/c1-9-6-7-10(11(2,3)4)13-14(9)8-12-5/h6-9H,1-5H3. The average Bonchev–Trinajstić information content (AvgIpc) is 2.07. The van der Waals surface area contributed by atoms with Crippen LogP contribution in [0, 0.1) is 5.41 Å². The molecule has 1 unspecified atom stereocenters. The molecular weight excluding hydrogens is 174 g/mol. The second kappa shape index (κ2) is 3.95. The van der Waals surface area contributed by atoms with Crippen molar-refractivity contribution in [2.45, 2.75) is 33.7 Å². The van der Waals surface area contributed by atoms with E-state index in [2.05, 4.69) is 49.9 Å². The highest BCUT2D eigenvalue weighted by molar-refractivity contribution is 5.99. The summed E-state index contributed by atoms with van der Waals surface area (Å²) in [5.41, 5.74) is 1.19. The normalized spacial score (nSPS) is 23.1. The van der Waals surface area contributed by atoms with Gasteiger partial charge in [-0.2, -0.15) is 5.10 Å². The molecule has 0 bridgehead atoms. The van der Waals surface area contributed by atoms with E-state index in [0.717, 1.165) is 5.71 Å². The Kier molecular flexibility index (Phi) is 3.09. The van der Waals surface area contributed by atoms with E-state index in [1.807, 2.05) is 5.01 Å². The Bertz CT molecular complexity index is 281. The summed E-state index contributed by atoms with van der Waals surface area (Å²) in [6.07, 6.45) is 6.01. The van der Waals surface area contributed by atoms with Gasteiger partial charge >= 0.3 is 0 Å². The highest BCUT2D eigenvalue weighted by atomic mass is 15.5. The van der Waals surface area contributed by atoms with Crippen LogP contribution in [0.2, 0.25) is 0 Å². The lowest BCUT2D eigenvalue weighted by molar-refractivity contribution is 0.395. The molecule has 0 N–H and O–H groups in total. The maximum atomic E-state index is 4.54. The second-order valence-electron chi connectivity index (χ2n) is 4.59. The van der Waals surface area contributed by atoms with Crippen molar-refractivity contribution in [2.75, 3.05) is 7.05 Å². The largest absolute Gasteiger partial charge is 0.277 e. The van der Waals surface area contributed by atoms with Crippen LogP contribution in [-0.4, -0.2) is 30.1 Å². The molecule has 0 spiro atoms. The van der Waals surface area contributed by atoms with Crippen molar-refractivity contribution in [1.82, 2.24) is 5.01 Å². The summed E-state index contributed by atoms with van der Waals surface area (Å²) in [5, 5.41) is 6.43. The van der Waals surface area contributed by atoms with Crippen LogP contribution in [0.5, 0.6) is 0 Å². The molecule has 1 atom stereocenters. The maximum absolute atomic E-state index is 4.54. The van der Waals surface area contributed by atoms with Gasteiger partial charge < -0.3 is 0 Å². The van der Waals surface area contributed by atoms with Gasteiger partial charge in [-0.05, 0) is 13.0 Å². The zero-order valence-electron chi connectivity index (χ0n) is 9.65. The lowest BCUT2D eigenvalue weighted by atomic mass is 9.89. The minimum absolute atomic E-state index is 0.0937. The minimum Gasteiger partial charge on any atom is -0.277 e. The molecule has 1 rings (SSSR count). The third kappa shape index (κ3) is 2.44. The smallest absolute Gasteiger partial charge is 0.106 e. The van der Waals surface area contributed by atoms with Crippen LogP contribution in [0.4, 0.5) is 0 Å². The van der Waals surface area contributed by atoms with Gasteiger partial charge in [0.2, 0.25) is 0 Å². The lowest BCUT2D eigenvalue weighted by Crippen LogP contribution is -2.33. The Morgan fingerprint density at radius 3 is 2.64 bits per heavy atom. The predicted octanol–water partition coefficient (Wildman–Crippen LogP) is 2.31. The summed E-state index contributed by atoms with van der Waals surface area (Å²) < 4.78 is 0. The third-order valence-electron chi connectivity index (χ3n) is 2.18. The Morgan fingerprint density at radius 2 is 2.14 bits per heavy atom. The van der Waals surface area contributed by atoms with Crippen LogP contribution in [-0.2, 0) is 0 Å². The van der Waals surface area contributed by atoms with Crippen LogP contribution in [0.25, 0.3) is 0 Å². The van der Waals surface area contributed by atoms with Gasteiger partial charge in [-0.15, -0.1) is 0 Å². The molecule has 1 aliphatic rings. The molecule has 3 heteroatoms. The summed E-state index contributed by atoms with van der Waals surface area (Å²) in [7, 11) is 1.76. The number of aliphatic imine (C=N–C) groups is 1. The minimum atomic E-state index is 0.0937. The molecule has 1 heterocycles. The molecule has 0 saturated carbocycles. The fourth-order valence-corrected chi connectivity index (χ4v) is 1.22. The van der Waals surface area contributed by atoms with Gasteiger partial charge in [-0.25, -0.2) is 5.01 Å². The molecule has 78 valence electrons. The van der Waals surface area contributed by atoms with E-state index in [1.54, 1.807) is 13.4 Å². The number of hydrazone groups is 1. The van der Waals surface area contributed by atoms with Crippen molar-refractivity contribution < 1.29 is 0 Å². The number of nitrogens with zero attached hydrogens (tertiary/aromatic N) is 3. The first kappa shape index (κ1) is 11.0. The molecular formula is C11H19N3. The van der Waals surface area contributed by atoms with Crippen molar-refractivity contribution in [1.29, 1.82) is 0 Å². The molecule has 3 nitrogen and oxygen atoms in total. The molecule has 1 aliphatic heterocycles. The van der Waals surface area contributed by atoms with Crippen LogP contribution in [0.1, 0.15) is 27.7 Å². The van der Waals surface area contributed by atoms with Gasteiger partial charge in [0.25, 0.3) is 0 Å². The first-order valence-electron chi connectivity index (χ1n) is 4.93. The topological polar surface area (TPSA) is 28.0 Å². The quantitative estimate of drug-likeness (QED) is 0.464. The van der Waals surface area contributed by atoms with Crippen molar-refractivity contribution in [3.63, 3.8) is 0 Å². The zero-order chi connectivity index (χ0) is 10.8. The van der Waals surface area contributed by atoms with E-state index >= 15 is 0 Å². The molecule has 0 aromatic carbocycles. The van der Waals surface area contributed by atoms with Crippen LogP contribution in [0.15, 0.2) is 22.2 Å². The van der Waals surface area contributed by atoms with Gasteiger partial charge in [0, 0.05) is 12.5 Å². The van der Waals surface area contributed by atoms with E-state index < -0.39 is 0 Å². The fraction of sp³-hybridized carbons (Fsp3) is 0.636. The number of allylic oxidation sites excluding steroid dienone is 1. The monoisotopic (exact) mass is 193 g/mol. The fourth-order valence-electron chi connectivity index (χ4n) is 1.22. The highest BCUT2D eigenvalue weighted by Crippen LogP contribution is 2.21. The van der Waals surface area contributed by atoms with Crippen LogP contribution in [0.3, 0.4) is 0 Å². The molecule has 14 heavy (non-hydrogen) atoms. The number of hydrogen-bond donors (Lipinski definition) is 0. The zero-order valence-corrected chi connectivity index (χ0v) is 9.65. The van der Waals surface area contributed by atoms with Crippen molar-refractivity contribution in [3.8, 4) is 0 Å². The van der Waals surface area contributed by atoms with Gasteiger partial charge in [-0.3, -0.25) is 4.99 Å². The molecule has 0 fully saturated rings. The molecule has 0 aromatic heterocycles. The Labute approximate surface area is 86.2 Å². The van der Waals surface area contributed by atoms with Gasteiger partial charge in [0.1, 0.15) is 6.34 Å². The Morgan fingerprint density at radius 1 is 1.50 bits per heavy atom. The van der Waals surface area contributed by atoms with Crippen molar-refractivity contribution in [2.24, 2.45) is 15.5 Å². The van der Waals surface area contributed by atoms with Gasteiger partial charge in [0.15, 0.2) is 0 Å². The molecule has 0 saturated heterocycles. The Balaban J connectivity index is 2.91. The number of rotatable bonds is 1. The highest BCUT2D eigenvalue weighted by Gasteiger charge is 2.21. The van der Waals surface area contributed by atoms with E-state index in [0.29, 0.717) is 6.04 Å². The lowest BCUT2D eigenvalue weighted by Gasteiger charge is -2.28. The number of hydrogen-bond acceptors (Lipinski definition) is 2. The molecule has 0 aromatic rings. The summed E-state index contributed by atoms with van der Waals surface area (Å²) in [6, 6.07) is 0.296. The first-order chi connectivity index (χ1) is 6.45. The summed E-state index contributed by atoms with van der Waals surface area (Å²) >= 11 is 0. The molecule has 0 aliphatic carbocycles. The predicted molar refractivity (Wildman–Crippen MR) is 61.7 cm³/mol. The SMILES string of the molecule is CN=CN1N=C(C(C)(C)C)C=CC1C. The van der Waals surface area contributed by atoms with Crippen molar-refractivity contribution in [3.05, 3.63) is 12.2 Å². The van der Waals surface area contributed by atoms with E-state index in [4.69, 9.17) is 0 Å². The van der Waals surface area contributed by atoms with E-state index in [9.17, 15) is 0 Å². The first-order valence-corrected chi connectivity index (χ1v) is 4.93. The Hall–Kier alpha value is -1.12. The second-order valence-corrected chi connectivity index (χ2v) is 4.59. The maximum Gasteiger partial charge on any atom is 0.106 e. The molecule has 0 radical (unpaired) electrons. The van der Waals surface area contributed by atoms with Crippen molar-refractivity contribution >= 4 is 12.1 Å². The summed E-state index contributed by atoms with van der Waals surface area (Å²) in [4.78, 5) is 3.99. The third-order valence-corrected chi connectivity index (χ3v) is 2.18. The molecule has 0 amide bonds. The van der Waals surface area contributed by atoms with E-state index in [-0.39, 0.29) is 5.41 Å². The van der Waals surface area contributed by atoms with Crippen LogP contribution >= 0.6 is 0 Å². The average molecular weight is 193 g/mol. The summed E-state index contributed by atoms with van der Waals surface area (Å²) in [5.74, 6) is 0.